The monoisotopic (exact) mass is 330 g/mol. The van der Waals surface area contributed by atoms with Crippen molar-refractivity contribution in [2.24, 2.45) is 0 Å². The smallest absolute Gasteiger partial charge is 0.303 e. The Morgan fingerprint density at radius 3 is 1.43 bits per heavy atom. The molecule has 0 spiro atoms. The van der Waals surface area contributed by atoms with Crippen molar-refractivity contribution in [3.63, 3.8) is 0 Å². The molecule has 0 heterocycles. The summed E-state index contributed by atoms with van der Waals surface area (Å²) in [4.78, 5) is 45.3. The van der Waals surface area contributed by atoms with Crippen LogP contribution in [-0.4, -0.2) is 47.8 Å². The van der Waals surface area contributed by atoms with Crippen molar-refractivity contribution in [1.82, 2.24) is 0 Å². The number of ether oxygens (including phenoxy) is 4. The summed E-state index contributed by atoms with van der Waals surface area (Å²) in [5.74, 6) is -2.27. The second-order valence-corrected chi connectivity index (χ2v) is 5.82. The minimum Gasteiger partial charge on any atom is -0.459 e. The van der Waals surface area contributed by atoms with Crippen LogP contribution in [0.15, 0.2) is 0 Å². The van der Waals surface area contributed by atoms with E-state index in [1.54, 1.807) is 6.92 Å². The van der Waals surface area contributed by atoms with Gasteiger partial charge in [-0.05, 0) is 6.92 Å². The summed E-state index contributed by atoms with van der Waals surface area (Å²) in [6, 6.07) is 0. The predicted octanol–water partition coefficient (Wildman–Crippen LogP) is 0.897. The molecule has 1 saturated carbocycles. The molecule has 0 aliphatic heterocycles. The average Bonchev–Trinajstić information content (AvgIpc) is 2.30. The summed E-state index contributed by atoms with van der Waals surface area (Å²) in [5.41, 5.74) is -1.01. The van der Waals surface area contributed by atoms with Crippen LogP contribution in [0, 0.1) is 0 Å². The van der Waals surface area contributed by atoms with Crippen molar-refractivity contribution >= 4 is 23.9 Å². The van der Waals surface area contributed by atoms with Crippen LogP contribution in [0.2, 0.25) is 0 Å². The molecule has 0 radical (unpaired) electrons. The summed E-state index contributed by atoms with van der Waals surface area (Å²) in [6.45, 7) is 6.53. The third kappa shape index (κ3) is 5.88. The van der Waals surface area contributed by atoms with E-state index in [1.807, 2.05) is 0 Å². The fourth-order valence-corrected chi connectivity index (χ4v) is 2.82. The second kappa shape index (κ2) is 7.43. The Bertz CT molecular complexity index is 472. The zero-order valence-electron chi connectivity index (χ0n) is 13.9. The molecule has 0 unspecified atom stereocenters. The van der Waals surface area contributed by atoms with Crippen LogP contribution in [0.5, 0.6) is 0 Å². The van der Waals surface area contributed by atoms with E-state index in [-0.39, 0.29) is 12.8 Å². The number of carbonyl (C=O) groups excluding carboxylic acids is 4. The Hall–Kier alpha value is -2.12. The van der Waals surface area contributed by atoms with Crippen LogP contribution < -0.4 is 0 Å². The second-order valence-electron chi connectivity index (χ2n) is 5.82. The van der Waals surface area contributed by atoms with E-state index >= 15 is 0 Å². The zero-order valence-corrected chi connectivity index (χ0v) is 13.9. The van der Waals surface area contributed by atoms with Crippen LogP contribution in [0.1, 0.15) is 47.5 Å². The summed E-state index contributed by atoms with van der Waals surface area (Å²) >= 11 is 0. The molecular formula is C15H22O8. The number of rotatable bonds is 4. The number of esters is 4. The molecule has 8 nitrogen and oxygen atoms in total. The largest absolute Gasteiger partial charge is 0.459 e. The minimum absolute atomic E-state index is 0.127. The van der Waals surface area contributed by atoms with Gasteiger partial charge in [-0.2, -0.15) is 0 Å². The first-order valence-electron chi connectivity index (χ1n) is 7.23. The van der Waals surface area contributed by atoms with E-state index in [4.69, 9.17) is 18.9 Å². The summed E-state index contributed by atoms with van der Waals surface area (Å²) in [5, 5.41) is 0. The molecule has 2 atom stereocenters. The SMILES string of the molecule is CC(=O)O[C@@H]1C[C@](C)(OC(C)=O)C[C@@H](OC(C)=O)[C@@H]1OC(C)=O. The normalized spacial score (nSPS) is 30.0. The van der Waals surface area contributed by atoms with Gasteiger partial charge in [0.2, 0.25) is 0 Å². The molecule has 0 saturated heterocycles. The fraction of sp³-hybridized carbons (Fsp3) is 0.733. The lowest BCUT2D eigenvalue weighted by Crippen LogP contribution is -2.56. The van der Waals surface area contributed by atoms with Gasteiger partial charge in [-0.25, -0.2) is 0 Å². The number of hydrogen-bond donors (Lipinski definition) is 0. The minimum atomic E-state index is -1.01. The molecule has 1 aliphatic rings. The lowest BCUT2D eigenvalue weighted by atomic mass is 9.80. The Balaban J connectivity index is 3.11. The van der Waals surface area contributed by atoms with E-state index in [9.17, 15) is 19.2 Å². The first-order valence-corrected chi connectivity index (χ1v) is 7.23. The van der Waals surface area contributed by atoms with Gasteiger partial charge < -0.3 is 18.9 Å². The molecular weight excluding hydrogens is 308 g/mol. The first kappa shape index (κ1) is 18.9. The van der Waals surface area contributed by atoms with Gasteiger partial charge in [0.1, 0.15) is 17.8 Å². The van der Waals surface area contributed by atoms with Crippen molar-refractivity contribution in [3.8, 4) is 0 Å². The molecule has 0 aromatic carbocycles. The van der Waals surface area contributed by atoms with Gasteiger partial charge in [-0.3, -0.25) is 19.2 Å². The van der Waals surface area contributed by atoms with Gasteiger partial charge in [-0.1, -0.05) is 0 Å². The zero-order chi connectivity index (χ0) is 17.8. The lowest BCUT2D eigenvalue weighted by molar-refractivity contribution is -0.212. The molecule has 23 heavy (non-hydrogen) atoms. The Morgan fingerprint density at radius 2 is 1.13 bits per heavy atom. The van der Waals surface area contributed by atoms with Crippen LogP contribution >= 0.6 is 0 Å². The Labute approximate surface area is 134 Å². The number of carbonyl (C=O) groups is 4. The molecule has 0 aromatic heterocycles. The van der Waals surface area contributed by atoms with Crippen LogP contribution in [0.4, 0.5) is 0 Å². The Morgan fingerprint density at radius 1 is 0.739 bits per heavy atom. The van der Waals surface area contributed by atoms with Gasteiger partial charge in [0.15, 0.2) is 6.10 Å². The van der Waals surface area contributed by atoms with Crippen molar-refractivity contribution < 1.29 is 38.1 Å². The maximum atomic E-state index is 11.3. The van der Waals surface area contributed by atoms with Crippen LogP contribution in [-0.2, 0) is 38.1 Å². The van der Waals surface area contributed by atoms with Crippen LogP contribution in [0.25, 0.3) is 0 Å². The quantitative estimate of drug-likeness (QED) is 0.553. The predicted molar refractivity (Wildman–Crippen MR) is 76.1 cm³/mol. The topological polar surface area (TPSA) is 105 Å². The van der Waals surface area contributed by atoms with Crippen molar-refractivity contribution in [2.75, 3.05) is 0 Å². The van der Waals surface area contributed by atoms with Crippen LogP contribution in [0.3, 0.4) is 0 Å². The van der Waals surface area contributed by atoms with Gasteiger partial charge in [0.25, 0.3) is 0 Å². The fourth-order valence-electron chi connectivity index (χ4n) is 2.82. The molecule has 0 amide bonds. The third-order valence-electron chi connectivity index (χ3n) is 3.33. The van der Waals surface area contributed by atoms with Gasteiger partial charge >= 0.3 is 23.9 Å². The van der Waals surface area contributed by atoms with Gasteiger partial charge in [-0.15, -0.1) is 0 Å². The van der Waals surface area contributed by atoms with Gasteiger partial charge in [0.05, 0.1) is 0 Å². The highest BCUT2D eigenvalue weighted by Gasteiger charge is 2.50. The van der Waals surface area contributed by atoms with Crippen molar-refractivity contribution in [2.45, 2.75) is 71.4 Å². The molecule has 1 aliphatic carbocycles. The van der Waals surface area contributed by atoms with E-state index in [2.05, 4.69) is 0 Å². The van der Waals surface area contributed by atoms with E-state index in [1.165, 1.54) is 27.7 Å². The highest BCUT2D eigenvalue weighted by molar-refractivity contribution is 5.69. The van der Waals surface area contributed by atoms with E-state index < -0.39 is 47.8 Å². The highest BCUT2D eigenvalue weighted by Crippen LogP contribution is 2.36. The standard InChI is InChI=1S/C15H22O8/c1-8(16)20-12-6-15(5,23-11(4)19)7-13(21-9(2)17)14(12)22-10(3)18/h12-14H,6-7H2,1-5H3/t12-,13-,14-,15+/m1/s1. The first-order chi connectivity index (χ1) is 10.5. The van der Waals surface area contributed by atoms with Crippen molar-refractivity contribution in [3.05, 3.63) is 0 Å². The molecule has 0 N–H and O–H groups in total. The summed E-state index contributed by atoms with van der Waals surface area (Å²) < 4.78 is 20.9. The molecule has 0 bridgehead atoms. The highest BCUT2D eigenvalue weighted by atomic mass is 16.6. The van der Waals surface area contributed by atoms with Crippen molar-refractivity contribution in [1.29, 1.82) is 0 Å². The molecule has 0 aromatic rings. The molecule has 130 valence electrons. The summed E-state index contributed by atoms with van der Waals surface area (Å²) in [7, 11) is 0. The maximum absolute atomic E-state index is 11.3. The maximum Gasteiger partial charge on any atom is 0.303 e. The molecule has 1 rings (SSSR count). The average molecular weight is 330 g/mol. The van der Waals surface area contributed by atoms with Gasteiger partial charge in [0, 0.05) is 40.5 Å². The lowest BCUT2D eigenvalue weighted by Gasteiger charge is -2.44. The molecule has 1 fully saturated rings. The Kier molecular flexibility index (Phi) is 6.12. The molecule has 8 heteroatoms. The summed E-state index contributed by atoms with van der Waals surface area (Å²) in [6.07, 6.45) is -2.48. The number of hydrogen-bond acceptors (Lipinski definition) is 8. The third-order valence-corrected chi connectivity index (χ3v) is 3.33. The van der Waals surface area contributed by atoms with E-state index in [0.717, 1.165) is 0 Å². The van der Waals surface area contributed by atoms with E-state index in [0.29, 0.717) is 0 Å².